The van der Waals surface area contributed by atoms with Crippen LogP contribution in [0.3, 0.4) is 0 Å². The Balaban J connectivity index is 1.98. The summed E-state index contributed by atoms with van der Waals surface area (Å²) in [6.45, 7) is 0. The molecule has 2 rings (SSSR count). The van der Waals surface area contributed by atoms with Gasteiger partial charge in [0.15, 0.2) is 0 Å². The van der Waals surface area contributed by atoms with Crippen LogP contribution >= 0.6 is 23.2 Å². The van der Waals surface area contributed by atoms with Crippen LogP contribution in [-0.2, 0) is 4.79 Å². The predicted octanol–water partition coefficient (Wildman–Crippen LogP) is 3.24. The van der Waals surface area contributed by atoms with E-state index >= 15 is 0 Å². The van der Waals surface area contributed by atoms with Crippen molar-refractivity contribution in [3.63, 3.8) is 0 Å². The van der Waals surface area contributed by atoms with Gasteiger partial charge in [0, 0.05) is 11.5 Å². The summed E-state index contributed by atoms with van der Waals surface area (Å²) in [7, 11) is 0. The molecule has 1 saturated carbocycles. The average molecular weight is 271 g/mol. The fourth-order valence-corrected chi connectivity index (χ4v) is 2.05. The van der Waals surface area contributed by atoms with Crippen LogP contribution in [0.4, 0.5) is 0 Å². The Hall–Kier alpha value is -1.06. The zero-order valence-electron chi connectivity index (χ0n) is 9.12. The molecule has 0 unspecified atom stereocenters. The first-order valence-corrected chi connectivity index (χ1v) is 6.21. The minimum absolute atomic E-state index is 0.0318. The lowest BCUT2D eigenvalue weighted by Gasteiger charge is -2.22. The molecule has 0 atom stereocenters. The van der Waals surface area contributed by atoms with E-state index in [1.54, 1.807) is 18.2 Å². The maximum atomic E-state index is 11.5. The van der Waals surface area contributed by atoms with Gasteiger partial charge >= 0.3 is 0 Å². The van der Waals surface area contributed by atoms with Crippen molar-refractivity contribution in [3.8, 4) is 0 Å². The molecule has 0 radical (unpaired) electrons. The van der Waals surface area contributed by atoms with Crippen LogP contribution in [0.5, 0.6) is 0 Å². The molecule has 1 aliphatic rings. The molecule has 1 aliphatic carbocycles. The maximum Gasteiger partial charge on any atom is 0.243 e. The molecule has 3 nitrogen and oxygen atoms in total. The number of carbonyl (C=O) groups excluding carboxylic acids is 1. The lowest BCUT2D eigenvalue weighted by Crippen LogP contribution is -2.31. The molecule has 5 heteroatoms. The zero-order chi connectivity index (χ0) is 12.3. The number of hydrogen-bond donors (Lipinski definition) is 1. The highest BCUT2D eigenvalue weighted by Gasteiger charge is 2.24. The average Bonchev–Trinajstić information content (AvgIpc) is 2.20. The first-order chi connectivity index (χ1) is 8.18. The van der Waals surface area contributed by atoms with Gasteiger partial charge in [0.1, 0.15) is 0 Å². The molecule has 1 aromatic carbocycles. The number of hydrazone groups is 1. The van der Waals surface area contributed by atoms with Gasteiger partial charge in [-0.2, -0.15) is 5.10 Å². The predicted molar refractivity (Wildman–Crippen MR) is 69.5 cm³/mol. The number of amides is 1. The lowest BCUT2D eigenvalue weighted by molar-refractivity contribution is -0.127. The Morgan fingerprint density at radius 2 is 2.00 bits per heavy atom. The van der Waals surface area contributed by atoms with Crippen molar-refractivity contribution in [2.24, 2.45) is 11.0 Å². The number of nitrogens with zero attached hydrogens (tertiary/aromatic N) is 1. The van der Waals surface area contributed by atoms with Crippen LogP contribution < -0.4 is 5.43 Å². The summed E-state index contributed by atoms with van der Waals surface area (Å²) < 4.78 is 0. The molecule has 0 spiro atoms. The van der Waals surface area contributed by atoms with Gasteiger partial charge in [-0.15, -0.1) is 0 Å². The smallest absolute Gasteiger partial charge is 0.243 e. The summed E-state index contributed by atoms with van der Waals surface area (Å²) in [6.07, 6.45) is 4.50. The summed E-state index contributed by atoms with van der Waals surface area (Å²) in [5.74, 6) is 0.0875. The Labute approximate surface area is 110 Å². The lowest BCUT2D eigenvalue weighted by atomic mass is 9.85. The molecule has 1 amide bonds. The van der Waals surface area contributed by atoms with Crippen LogP contribution in [0.1, 0.15) is 24.8 Å². The molecule has 90 valence electrons. The van der Waals surface area contributed by atoms with Crippen LogP contribution in [0.15, 0.2) is 23.3 Å². The van der Waals surface area contributed by atoms with E-state index in [0.29, 0.717) is 15.6 Å². The number of benzene rings is 1. The third-order valence-electron chi connectivity index (χ3n) is 2.84. The molecule has 1 fully saturated rings. The van der Waals surface area contributed by atoms with E-state index in [1.165, 1.54) is 6.21 Å². The summed E-state index contributed by atoms with van der Waals surface area (Å²) in [5, 5.41) is 4.90. The third kappa shape index (κ3) is 2.99. The highest BCUT2D eigenvalue weighted by Crippen LogP contribution is 2.26. The summed E-state index contributed by atoms with van der Waals surface area (Å²) in [5.41, 5.74) is 3.12. The monoisotopic (exact) mass is 270 g/mol. The van der Waals surface area contributed by atoms with Gasteiger partial charge in [-0.25, -0.2) is 5.43 Å². The summed E-state index contributed by atoms with van der Waals surface area (Å²) in [6, 6.07) is 5.21. The standard InChI is InChI=1S/C12H12Cl2N2O/c13-10-5-2-6-11(14)9(10)7-15-16-12(17)8-3-1-4-8/h2,5-8H,1,3-4H2,(H,16,17). The van der Waals surface area contributed by atoms with Crippen molar-refractivity contribution in [1.29, 1.82) is 0 Å². The van der Waals surface area contributed by atoms with Crippen molar-refractivity contribution < 1.29 is 4.79 Å². The molecular weight excluding hydrogens is 259 g/mol. The van der Waals surface area contributed by atoms with E-state index in [1.807, 2.05) is 0 Å². The largest absolute Gasteiger partial charge is 0.273 e. The number of hydrogen-bond acceptors (Lipinski definition) is 2. The topological polar surface area (TPSA) is 41.5 Å². The van der Waals surface area contributed by atoms with Crippen LogP contribution in [0, 0.1) is 5.92 Å². The normalized spacial score (nSPS) is 15.9. The molecular formula is C12H12Cl2N2O. The molecule has 0 aromatic heterocycles. The van der Waals surface area contributed by atoms with Crippen molar-refractivity contribution in [2.45, 2.75) is 19.3 Å². The molecule has 0 aliphatic heterocycles. The van der Waals surface area contributed by atoms with Gasteiger partial charge in [0.25, 0.3) is 0 Å². The fraction of sp³-hybridized carbons (Fsp3) is 0.333. The van der Waals surface area contributed by atoms with Crippen molar-refractivity contribution in [1.82, 2.24) is 5.43 Å². The van der Waals surface area contributed by atoms with Crippen LogP contribution in [0.2, 0.25) is 10.0 Å². The Kier molecular flexibility index (Phi) is 4.02. The van der Waals surface area contributed by atoms with Gasteiger partial charge in [0.2, 0.25) is 5.91 Å². The van der Waals surface area contributed by atoms with Gasteiger partial charge in [0.05, 0.1) is 16.3 Å². The van der Waals surface area contributed by atoms with Gasteiger partial charge < -0.3 is 0 Å². The number of carbonyl (C=O) groups is 1. The second-order valence-electron chi connectivity index (χ2n) is 4.00. The van der Waals surface area contributed by atoms with E-state index in [9.17, 15) is 4.79 Å². The molecule has 0 heterocycles. The van der Waals surface area contributed by atoms with E-state index in [0.717, 1.165) is 19.3 Å². The van der Waals surface area contributed by atoms with E-state index in [2.05, 4.69) is 10.5 Å². The van der Waals surface area contributed by atoms with Crippen molar-refractivity contribution in [2.75, 3.05) is 0 Å². The zero-order valence-corrected chi connectivity index (χ0v) is 10.6. The van der Waals surface area contributed by atoms with E-state index < -0.39 is 0 Å². The molecule has 0 saturated heterocycles. The highest BCUT2D eigenvalue weighted by atomic mass is 35.5. The quantitative estimate of drug-likeness (QED) is 0.665. The number of rotatable bonds is 3. The van der Waals surface area contributed by atoms with Crippen LogP contribution in [-0.4, -0.2) is 12.1 Å². The van der Waals surface area contributed by atoms with E-state index in [4.69, 9.17) is 23.2 Å². The second kappa shape index (κ2) is 5.52. The minimum atomic E-state index is -0.0318. The maximum absolute atomic E-state index is 11.5. The van der Waals surface area contributed by atoms with Crippen molar-refractivity contribution >= 4 is 35.3 Å². The minimum Gasteiger partial charge on any atom is -0.273 e. The van der Waals surface area contributed by atoms with E-state index in [-0.39, 0.29) is 11.8 Å². The Bertz CT molecular complexity index is 436. The van der Waals surface area contributed by atoms with Gasteiger partial charge in [-0.3, -0.25) is 4.79 Å². The van der Waals surface area contributed by atoms with Crippen LogP contribution in [0.25, 0.3) is 0 Å². The second-order valence-corrected chi connectivity index (χ2v) is 4.81. The highest BCUT2D eigenvalue weighted by molar-refractivity contribution is 6.38. The molecule has 17 heavy (non-hydrogen) atoms. The van der Waals surface area contributed by atoms with Gasteiger partial charge in [-0.05, 0) is 25.0 Å². The Morgan fingerprint density at radius 1 is 1.35 bits per heavy atom. The first-order valence-electron chi connectivity index (χ1n) is 5.45. The summed E-state index contributed by atoms with van der Waals surface area (Å²) >= 11 is 11.9. The Morgan fingerprint density at radius 3 is 2.53 bits per heavy atom. The third-order valence-corrected chi connectivity index (χ3v) is 3.50. The number of nitrogens with one attached hydrogen (secondary N) is 1. The SMILES string of the molecule is O=C(NN=Cc1c(Cl)cccc1Cl)C1CCC1. The summed E-state index contributed by atoms with van der Waals surface area (Å²) in [4.78, 5) is 11.5. The van der Waals surface area contributed by atoms with Gasteiger partial charge in [-0.1, -0.05) is 35.7 Å². The molecule has 0 bridgehead atoms. The first kappa shape index (κ1) is 12.4. The van der Waals surface area contributed by atoms with Crippen molar-refractivity contribution in [3.05, 3.63) is 33.8 Å². The number of halogens is 2. The molecule has 1 N–H and O–H groups in total. The molecule has 1 aromatic rings. The fourth-order valence-electron chi connectivity index (χ4n) is 1.56.